The van der Waals surface area contributed by atoms with Gasteiger partial charge in [-0.15, -0.1) is 0 Å². The van der Waals surface area contributed by atoms with Crippen molar-refractivity contribution in [1.29, 1.82) is 0 Å². The van der Waals surface area contributed by atoms with Crippen LogP contribution < -0.4 is 10.9 Å². The van der Waals surface area contributed by atoms with Crippen LogP contribution in [0.4, 0.5) is 5.82 Å². The minimum absolute atomic E-state index is 0.172. The molecule has 0 aromatic carbocycles. The number of hydrogen-bond donors (Lipinski definition) is 2. The molecule has 1 aromatic heterocycles. The zero-order valence-corrected chi connectivity index (χ0v) is 8.00. The predicted octanol–water partition coefficient (Wildman–Crippen LogP) is 1.23. The van der Waals surface area contributed by atoms with Crippen molar-refractivity contribution in [3.05, 3.63) is 22.5 Å². The van der Waals surface area contributed by atoms with Crippen molar-refractivity contribution >= 4 is 5.82 Å². The normalized spacial score (nSPS) is 10.4. The molecule has 0 saturated carbocycles. The van der Waals surface area contributed by atoms with Crippen molar-refractivity contribution in [2.45, 2.75) is 20.3 Å². The van der Waals surface area contributed by atoms with Crippen molar-refractivity contribution in [2.75, 3.05) is 11.9 Å². The summed E-state index contributed by atoms with van der Waals surface area (Å²) in [5.74, 6) is 1.40. The third kappa shape index (κ3) is 3.73. The molecular weight excluding hydrogens is 166 g/mol. The molecule has 1 aromatic rings. The molecule has 4 heteroatoms. The number of anilines is 1. The van der Waals surface area contributed by atoms with Crippen LogP contribution in [0, 0.1) is 5.92 Å². The molecule has 0 radical (unpaired) electrons. The molecule has 0 aliphatic carbocycles. The van der Waals surface area contributed by atoms with Gasteiger partial charge in [0.05, 0.1) is 0 Å². The monoisotopic (exact) mass is 181 g/mol. The second-order valence-electron chi connectivity index (χ2n) is 3.42. The van der Waals surface area contributed by atoms with Gasteiger partial charge < -0.3 is 5.32 Å². The summed E-state index contributed by atoms with van der Waals surface area (Å²) in [4.78, 5) is 10.7. The Bertz CT molecular complexity index is 285. The van der Waals surface area contributed by atoms with Gasteiger partial charge in [-0.2, -0.15) is 5.10 Å². The summed E-state index contributed by atoms with van der Waals surface area (Å²) < 4.78 is 0. The van der Waals surface area contributed by atoms with Gasteiger partial charge in [-0.25, -0.2) is 5.10 Å². The largest absolute Gasteiger partial charge is 0.369 e. The van der Waals surface area contributed by atoms with Crippen molar-refractivity contribution in [2.24, 2.45) is 5.92 Å². The zero-order chi connectivity index (χ0) is 9.68. The summed E-state index contributed by atoms with van der Waals surface area (Å²) in [5, 5.41) is 9.32. The van der Waals surface area contributed by atoms with Crippen LogP contribution in [0.25, 0.3) is 0 Å². The van der Waals surface area contributed by atoms with Gasteiger partial charge in [-0.1, -0.05) is 13.8 Å². The Hall–Kier alpha value is -1.32. The molecule has 1 rings (SSSR count). The lowest BCUT2D eigenvalue weighted by molar-refractivity contribution is 0.606. The molecule has 0 amide bonds. The number of nitrogens with one attached hydrogen (secondary N) is 2. The number of aromatic nitrogens is 2. The van der Waals surface area contributed by atoms with Crippen molar-refractivity contribution in [1.82, 2.24) is 10.2 Å². The van der Waals surface area contributed by atoms with Crippen LogP contribution in [0.2, 0.25) is 0 Å². The molecule has 0 aliphatic rings. The van der Waals surface area contributed by atoms with Crippen LogP contribution >= 0.6 is 0 Å². The molecule has 0 saturated heterocycles. The minimum Gasteiger partial charge on any atom is -0.369 e. The summed E-state index contributed by atoms with van der Waals surface area (Å²) in [6.07, 6.45) is 1.10. The van der Waals surface area contributed by atoms with E-state index in [2.05, 4.69) is 29.4 Å². The van der Waals surface area contributed by atoms with Crippen LogP contribution in [0.15, 0.2) is 16.9 Å². The van der Waals surface area contributed by atoms with Gasteiger partial charge in [0.15, 0.2) is 0 Å². The standard InChI is InChI=1S/C9H15N3O/c1-7(2)5-6-10-8-3-4-9(13)12-11-8/h3-4,7H,5-6H2,1-2H3,(H,10,11)(H,12,13). The van der Waals surface area contributed by atoms with Gasteiger partial charge in [0.25, 0.3) is 5.56 Å². The number of nitrogens with zero attached hydrogens (tertiary/aromatic N) is 1. The first-order chi connectivity index (χ1) is 6.18. The summed E-state index contributed by atoms with van der Waals surface area (Å²) in [7, 11) is 0. The van der Waals surface area contributed by atoms with E-state index >= 15 is 0 Å². The lowest BCUT2D eigenvalue weighted by Gasteiger charge is -2.06. The SMILES string of the molecule is CC(C)CCNc1ccc(=O)[nH]n1. The topological polar surface area (TPSA) is 57.8 Å². The van der Waals surface area contributed by atoms with Crippen molar-refractivity contribution in [3.8, 4) is 0 Å². The molecule has 0 fully saturated rings. The lowest BCUT2D eigenvalue weighted by Crippen LogP contribution is -2.11. The summed E-state index contributed by atoms with van der Waals surface area (Å²) in [6.45, 7) is 5.22. The summed E-state index contributed by atoms with van der Waals surface area (Å²) in [6, 6.07) is 3.14. The number of rotatable bonds is 4. The Labute approximate surface area is 77.4 Å². The molecule has 0 bridgehead atoms. The van der Waals surface area contributed by atoms with Crippen molar-refractivity contribution < 1.29 is 0 Å². The van der Waals surface area contributed by atoms with Gasteiger partial charge in [-0.05, 0) is 18.4 Å². The molecule has 0 unspecified atom stereocenters. The summed E-state index contributed by atoms with van der Waals surface area (Å²) in [5.41, 5.74) is -0.172. The molecule has 0 aliphatic heterocycles. The van der Waals surface area contributed by atoms with E-state index in [1.54, 1.807) is 6.07 Å². The van der Waals surface area contributed by atoms with Gasteiger partial charge >= 0.3 is 0 Å². The Morgan fingerprint density at radius 1 is 1.54 bits per heavy atom. The Morgan fingerprint density at radius 3 is 2.85 bits per heavy atom. The van der Waals surface area contributed by atoms with Gasteiger partial charge in [0, 0.05) is 12.6 Å². The van der Waals surface area contributed by atoms with Gasteiger partial charge in [-0.3, -0.25) is 4.79 Å². The summed E-state index contributed by atoms with van der Waals surface area (Å²) >= 11 is 0. The van der Waals surface area contributed by atoms with Crippen LogP contribution in [-0.4, -0.2) is 16.7 Å². The molecule has 2 N–H and O–H groups in total. The van der Waals surface area contributed by atoms with Crippen LogP contribution in [0.1, 0.15) is 20.3 Å². The third-order valence-electron chi connectivity index (χ3n) is 1.71. The van der Waals surface area contributed by atoms with E-state index in [-0.39, 0.29) is 5.56 Å². The first-order valence-electron chi connectivity index (χ1n) is 4.48. The van der Waals surface area contributed by atoms with E-state index in [4.69, 9.17) is 0 Å². The van der Waals surface area contributed by atoms with Crippen LogP contribution in [0.5, 0.6) is 0 Å². The maximum absolute atomic E-state index is 10.7. The van der Waals surface area contributed by atoms with Gasteiger partial charge in [0.1, 0.15) is 5.82 Å². The minimum atomic E-state index is -0.172. The molecule has 72 valence electrons. The second kappa shape index (κ2) is 4.64. The molecular formula is C9H15N3O. The third-order valence-corrected chi connectivity index (χ3v) is 1.71. The fourth-order valence-corrected chi connectivity index (χ4v) is 0.932. The van der Waals surface area contributed by atoms with E-state index in [1.807, 2.05) is 0 Å². The number of H-pyrrole nitrogens is 1. The Balaban J connectivity index is 2.37. The van der Waals surface area contributed by atoms with Crippen LogP contribution in [-0.2, 0) is 0 Å². The van der Waals surface area contributed by atoms with E-state index in [0.29, 0.717) is 5.92 Å². The highest BCUT2D eigenvalue weighted by atomic mass is 16.1. The maximum atomic E-state index is 10.7. The highest BCUT2D eigenvalue weighted by molar-refractivity contribution is 5.30. The maximum Gasteiger partial charge on any atom is 0.264 e. The molecule has 0 spiro atoms. The van der Waals surface area contributed by atoms with E-state index in [0.717, 1.165) is 18.8 Å². The number of hydrogen-bond acceptors (Lipinski definition) is 3. The average molecular weight is 181 g/mol. The van der Waals surface area contributed by atoms with E-state index in [9.17, 15) is 4.79 Å². The average Bonchev–Trinajstić information content (AvgIpc) is 2.08. The number of aromatic amines is 1. The molecule has 0 atom stereocenters. The highest BCUT2D eigenvalue weighted by Crippen LogP contribution is 2.01. The lowest BCUT2D eigenvalue weighted by atomic mass is 10.1. The second-order valence-corrected chi connectivity index (χ2v) is 3.42. The fraction of sp³-hybridized carbons (Fsp3) is 0.556. The first kappa shape index (κ1) is 9.77. The quantitative estimate of drug-likeness (QED) is 0.734. The highest BCUT2D eigenvalue weighted by Gasteiger charge is 1.95. The van der Waals surface area contributed by atoms with E-state index in [1.165, 1.54) is 6.07 Å². The molecule has 13 heavy (non-hydrogen) atoms. The van der Waals surface area contributed by atoms with Crippen molar-refractivity contribution in [3.63, 3.8) is 0 Å². The van der Waals surface area contributed by atoms with E-state index < -0.39 is 0 Å². The predicted molar refractivity (Wildman–Crippen MR) is 52.8 cm³/mol. The smallest absolute Gasteiger partial charge is 0.264 e. The Kier molecular flexibility index (Phi) is 3.49. The molecule has 1 heterocycles. The zero-order valence-electron chi connectivity index (χ0n) is 8.00. The Morgan fingerprint density at radius 2 is 2.31 bits per heavy atom. The van der Waals surface area contributed by atoms with Crippen LogP contribution in [0.3, 0.4) is 0 Å². The van der Waals surface area contributed by atoms with Gasteiger partial charge in [0.2, 0.25) is 0 Å². The fourth-order valence-electron chi connectivity index (χ4n) is 0.932. The molecule has 4 nitrogen and oxygen atoms in total. The first-order valence-corrected chi connectivity index (χ1v) is 4.48.